The largest absolute Gasteiger partial charge is 0.496 e. The van der Waals surface area contributed by atoms with Gasteiger partial charge in [-0.25, -0.2) is 0 Å². The van der Waals surface area contributed by atoms with Gasteiger partial charge in [0.05, 0.1) is 19.2 Å². The van der Waals surface area contributed by atoms with Crippen molar-refractivity contribution in [2.24, 2.45) is 0 Å². The second kappa shape index (κ2) is 4.66. The first-order valence-corrected chi connectivity index (χ1v) is 5.62. The van der Waals surface area contributed by atoms with E-state index in [4.69, 9.17) is 4.74 Å². The molecule has 3 nitrogen and oxygen atoms in total. The summed E-state index contributed by atoms with van der Waals surface area (Å²) in [6.07, 6.45) is 2.39. The molecule has 1 saturated carbocycles. The summed E-state index contributed by atoms with van der Waals surface area (Å²) in [5, 5.41) is 3.22. The van der Waals surface area contributed by atoms with Crippen LogP contribution >= 0.6 is 0 Å². The van der Waals surface area contributed by atoms with Crippen LogP contribution < -0.4 is 10.1 Å². The SMILES string of the molecule is COc1ccc(C)cc1C(=O)CNC1CC1. The minimum absolute atomic E-state index is 0.104. The topological polar surface area (TPSA) is 38.3 Å². The molecule has 1 aliphatic carbocycles. The molecule has 0 bridgehead atoms. The Kier molecular flexibility index (Phi) is 3.25. The van der Waals surface area contributed by atoms with Gasteiger partial charge in [0.2, 0.25) is 0 Å². The van der Waals surface area contributed by atoms with Crippen molar-refractivity contribution < 1.29 is 9.53 Å². The molecule has 16 heavy (non-hydrogen) atoms. The molecule has 1 aromatic rings. The lowest BCUT2D eigenvalue weighted by Crippen LogP contribution is -2.25. The molecule has 0 spiro atoms. The van der Waals surface area contributed by atoms with E-state index in [9.17, 15) is 4.79 Å². The molecule has 2 rings (SSSR count). The molecule has 0 saturated heterocycles. The van der Waals surface area contributed by atoms with Crippen LogP contribution in [0, 0.1) is 6.92 Å². The summed E-state index contributed by atoms with van der Waals surface area (Å²) in [4.78, 5) is 12.0. The number of nitrogens with one attached hydrogen (secondary N) is 1. The van der Waals surface area contributed by atoms with Gasteiger partial charge in [0.15, 0.2) is 5.78 Å². The lowest BCUT2D eigenvalue weighted by molar-refractivity contribution is 0.0987. The van der Waals surface area contributed by atoms with E-state index >= 15 is 0 Å². The first kappa shape index (κ1) is 11.1. The zero-order valence-electron chi connectivity index (χ0n) is 9.75. The predicted molar refractivity (Wildman–Crippen MR) is 63.1 cm³/mol. The Morgan fingerprint density at radius 3 is 2.88 bits per heavy atom. The molecule has 1 fully saturated rings. The van der Waals surface area contributed by atoms with E-state index in [-0.39, 0.29) is 5.78 Å². The number of carbonyl (C=O) groups excluding carboxylic acids is 1. The van der Waals surface area contributed by atoms with Gasteiger partial charge in [-0.15, -0.1) is 0 Å². The van der Waals surface area contributed by atoms with Gasteiger partial charge < -0.3 is 10.1 Å². The summed E-state index contributed by atoms with van der Waals surface area (Å²) in [6, 6.07) is 6.24. The number of aryl methyl sites for hydroxylation is 1. The maximum atomic E-state index is 12.0. The molecule has 0 atom stereocenters. The zero-order valence-corrected chi connectivity index (χ0v) is 9.75. The van der Waals surface area contributed by atoms with E-state index in [0.717, 1.165) is 5.56 Å². The highest BCUT2D eigenvalue weighted by molar-refractivity contribution is 6.00. The van der Waals surface area contributed by atoms with Gasteiger partial charge in [0.25, 0.3) is 0 Å². The van der Waals surface area contributed by atoms with Crippen molar-refractivity contribution in [1.29, 1.82) is 0 Å². The van der Waals surface area contributed by atoms with Crippen molar-refractivity contribution in [3.05, 3.63) is 29.3 Å². The Morgan fingerprint density at radius 2 is 2.25 bits per heavy atom. The van der Waals surface area contributed by atoms with E-state index in [1.54, 1.807) is 7.11 Å². The summed E-state index contributed by atoms with van der Waals surface area (Å²) in [6.45, 7) is 2.38. The number of hydrogen-bond acceptors (Lipinski definition) is 3. The fourth-order valence-electron chi connectivity index (χ4n) is 1.66. The fourth-order valence-corrected chi connectivity index (χ4v) is 1.66. The summed E-state index contributed by atoms with van der Waals surface area (Å²) < 4.78 is 5.20. The van der Waals surface area contributed by atoms with Crippen molar-refractivity contribution in [3.63, 3.8) is 0 Å². The molecular formula is C13H17NO2. The summed E-state index contributed by atoms with van der Waals surface area (Å²) in [5.41, 5.74) is 1.76. The number of Topliss-reactive ketones (excluding diaryl/α,β-unsaturated/α-hetero) is 1. The number of methoxy groups -OCH3 is 1. The van der Waals surface area contributed by atoms with Gasteiger partial charge in [-0.1, -0.05) is 11.6 Å². The third-order valence-electron chi connectivity index (χ3n) is 2.78. The third kappa shape index (κ3) is 2.61. The van der Waals surface area contributed by atoms with Crippen molar-refractivity contribution in [1.82, 2.24) is 5.32 Å². The van der Waals surface area contributed by atoms with Gasteiger partial charge in [-0.3, -0.25) is 4.79 Å². The molecule has 0 radical (unpaired) electrons. The summed E-state index contributed by atoms with van der Waals surface area (Å²) in [5.74, 6) is 0.764. The number of benzene rings is 1. The summed E-state index contributed by atoms with van der Waals surface area (Å²) in [7, 11) is 1.59. The molecule has 0 amide bonds. The van der Waals surface area contributed by atoms with E-state index in [1.807, 2.05) is 25.1 Å². The number of ether oxygens (including phenoxy) is 1. The van der Waals surface area contributed by atoms with Crippen LogP contribution in [0.25, 0.3) is 0 Å². The Bertz CT molecular complexity index is 397. The fraction of sp³-hybridized carbons (Fsp3) is 0.462. The monoisotopic (exact) mass is 219 g/mol. The predicted octanol–water partition coefficient (Wildman–Crippen LogP) is 1.94. The van der Waals surface area contributed by atoms with Crippen molar-refractivity contribution in [3.8, 4) is 5.75 Å². The minimum atomic E-state index is 0.104. The molecule has 1 N–H and O–H groups in total. The Hall–Kier alpha value is -1.35. The first-order chi connectivity index (χ1) is 7.70. The van der Waals surface area contributed by atoms with Crippen LogP contribution in [-0.2, 0) is 0 Å². The highest BCUT2D eigenvalue weighted by atomic mass is 16.5. The number of carbonyl (C=O) groups is 1. The van der Waals surface area contributed by atoms with Gasteiger partial charge >= 0.3 is 0 Å². The van der Waals surface area contributed by atoms with E-state index in [1.165, 1.54) is 12.8 Å². The van der Waals surface area contributed by atoms with Gasteiger partial charge in [-0.2, -0.15) is 0 Å². The smallest absolute Gasteiger partial charge is 0.180 e. The van der Waals surface area contributed by atoms with Crippen LogP contribution in [0.2, 0.25) is 0 Å². The highest BCUT2D eigenvalue weighted by Crippen LogP contribution is 2.21. The Morgan fingerprint density at radius 1 is 1.50 bits per heavy atom. The maximum Gasteiger partial charge on any atom is 0.180 e. The minimum Gasteiger partial charge on any atom is -0.496 e. The number of ketones is 1. The van der Waals surface area contributed by atoms with E-state index < -0.39 is 0 Å². The maximum absolute atomic E-state index is 12.0. The second-order valence-electron chi connectivity index (χ2n) is 4.28. The Labute approximate surface area is 95.8 Å². The van der Waals surface area contributed by atoms with Crippen LogP contribution in [0.3, 0.4) is 0 Å². The van der Waals surface area contributed by atoms with Gasteiger partial charge in [0.1, 0.15) is 5.75 Å². The average molecular weight is 219 g/mol. The third-order valence-corrected chi connectivity index (χ3v) is 2.78. The number of hydrogen-bond donors (Lipinski definition) is 1. The van der Waals surface area contributed by atoms with Crippen LogP contribution in [0.1, 0.15) is 28.8 Å². The van der Waals surface area contributed by atoms with Crippen molar-refractivity contribution >= 4 is 5.78 Å². The van der Waals surface area contributed by atoms with Gasteiger partial charge in [0, 0.05) is 6.04 Å². The molecule has 0 unspecified atom stereocenters. The molecule has 0 aromatic heterocycles. The average Bonchev–Trinajstić information content (AvgIpc) is 3.09. The van der Waals surface area contributed by atoms with Crippen molar-refractivity contribution in [2.45, 2.75) is 25.8 Å². The van der Waals surface area contributed by atoms with E-state index in [0.29, 0.717) is 23.9 Å². The van der Waals surface area contributed by atoms with Crippen LogP contribution in [0.5, 0.6) is 5.75 Å². The molecule has 86 valence electrons. The molecular weight excluding hydrogens is 202 g/mol. The lowest BCUT2D eigenvalue weighted by Gasteiger charge is -2.09. The lowest BCUT2D eigenvalue weighted by atomic mass is 10.1. The zero-order chi connectivity index (χ0) is 11.5. The highest BCUT2D eigenvalue weighted by Gasteiger charge is 2.22. The number of rotatable bonds is 5. The molecule has 0 heterocycles. The Balaban J connectivity index is 2.09. The van der Waals surface area contributed by atoms with Gasteiger partial charge in [-0.05, 0) is 31.9 Å². The first-order valence-electron chi connectivity index (χ1n) is 5.62. The quantitative estimate of drug-likeness (QED) is 0.769. The molecule has 3 heteroatoms. The van der Waals surface area contributed by atoms with Crippen LogP contribution in [0.4, 0.5) is 0 Å². The molecule has 1 aliphatic rings. The van der Waals surface area contributed by atoms with Crippen molar-refractivity contribution in [2.75, 3.05) is 13.7 Å². The van der Waals surface area contributed by atoms with E-state index in [2.05, 4.69) is 5.32 Å². The standard InChI is InChI=1S/C13H17NO2/c1-9-3-6-13(16-2)11(7-9)12(15)8-14-10-4-5-10/h3,6-7,10,14H,4-5,8H2,1-2H3. The second-order valence-corrected chi connectivity index (χ2v) is 4.28. The molecule has 0 aliphatic heterocycles. The van der Waals surface area contributed by atoms with Crippen LogP contribution in [0.15, 0.2) is 18.2 Å². The van der Waals surface area contributed by atoms with Crippen LogP contribution in [-0.4, -0.2) is 25.5 Å². The molecule has 1 aromatic carbocycles. The normalized spacial score (nSPS) is 14.9. The summed E-state index contributed by atoms with van der Waals surface area (Å²) >= 11 is 0.